The number of rotatable bonds is 4. The second kappa shape index (κ2) is 6.58. The molecule has 108 valence electrons. The van der Waals surface area contributed by atoms with Crippen LogP contribution in [0.25, 0.3) is 10.8 Å². The largest absolute Gasteiger partial charge is 0.362 e. The first-order valence-corrected chi connectivity index (χ1v) is 7.74. The van der Waals surface area contributed by atoms with Crippen LogP contribution in [0.1, 0.15) is 10.4 Å². The van der Waals surface area contributed by atoms with Gasteiger partial charge in [-0.1, -0.05) is 64.5 Å². The average molecular weight is 352 g/mol. The Morgan fingerprint density at radius 2 is 1.73 bits per heavy atom. The van der Waals surface area contributed by atoms with Crippen LogP contribution in [-0.2, 0) is 0 Å². The fourth-order valence-electron chi connectivity index (χ4n) is 2.32. The van der Waals surface area contributed by atoms with E-state index in [1.54, 1.807) is 12.3 Å². The van der Waals surface area contributed by atoms with E-state index in [0.717, 1.165) is 20.9 Å². The number of fused-ring (bicyclic) bond motifs is 1. The van der Waals surface area contributed by atoms with Crippen molar-refractivity contribution in [3.63, 3.8) is 0 Å². The number of nitrogens with one attached hydrogen (secondary N) is 1. The third kappa shape index (κ3) is 3.26. The second-order valence-corrected chi connectivity index (χ2v) is 5.79. The van der Waals surface area contributed by atoms with Gasteiger partial charge in [-0.2, -0.15) is 0 Å². The highest BCUT2D eigenvalue weighted by molar-refractivity contribution is 9.10. The molecule has 0 aliphatic carbocycles. The lowest BCUT2D eigenvalue weighted by Gasteiger charge is -2.03. The molecule has 0 amide bonds. The smallest absolute Gasteiger partial charge is 0.187 e. The van der Waals surface area contributed by atoms with E-state index in [1.807, 2.05) is 66.7 Å². The molecule has 2 nitrogen and oxygen atoms in total. The van der Waals surface area contributed by atoms with E-state index in [0.29, 0.717) is 5.56 Å². The summed E-state index contributed by atoms with van der Waals surface area (Å²) in [7, 11) is 0. The molecular weight excluding hydrogens is 338 g/mol. The average Bonchev–Trinajstić information content (AvgIpc) is 2.54. The van der Waals surface area contributed by atoms with Gasteiger partial charge >= 0.3 is 0 Å². The Hall–Kier alpha value is -2.39. The molecule has 0 radical (unpaired) electrons. The van der Waals surface area contributed by atoms with Crippen LogP contribution in [0.3, 0.4) is 0 Å². The lowest BCUT2D eigenvalue weighted by molar-refractivity contribution is 0.104. The molecular formula is C19H14BrNO. The molecule has 0 saturated heterocycles. The van der Waals surface area contributed by atoms with E-state index >= 15 is 0 Å². The summed E-state index contributed by atoms with van der Waals surface area (Å²) in [6.45, 7) is 0. The molecule has 22 heavy (non-hydrogen) atoms. The highest BCUT2D eigenvalue weighted by atomic mass is 79.9. The standard InChI is InChI=1S/C19H14BrNO/c20-15-7-4-8-16(13-15)21-12-11-19(22)18-10-3-6-14-5-1-2-9-17(14)18/h1-13,21H/b12-11+. The summed E-state index contributed by atoms with van der Waals surface area (Å²) >= 11 is 3.42. The van der Waals surface area contributed by atoms with Gasteiger partial charge in [0, 0.05) is 28.0 Å². The molecule has 0 aliphatic rings. The minimum atomic E-state index is -0.0145. The number of carbonyl (C=O) groups excluding carboxylic acids is 1. The molecule has 0 aromatic heterocycles. The van der Waals surface area contributed by atoms with Crippen molar-refractivity contribution in [1.82, 2.24) is 0 Å². The number of anilines is 1. The number of halogens is 1. The van der Waals surface area contributed by atoms with Crippen LogP contribution >= 0.6 is 15.9 Å². The summed E-state index contributed by atoms with van der Waals surface area (Å²) in [5.41, 5.74) is 1.64. The molecule has 1 N–H and O–H groups in total. The first kappa shape index (κ1) is 14.5. The van der Waals surface area contributed by atoms with Gasteiger partial charge in [0.1, 0.15) is 0 Å². The van der Waals surface area contributed by atoms with Crippen LogP contribution in [0.15, 0.2) is 83.5 Å². The Labute approximate surface area is 137 Å². The van der Waals surface area contributed by atoms with Crippen molar-refractivity contribution < 1.29 is 4.79 Å². The number of ketones is 1. The number of hydrogen-bond donors (Lipinski definition) is 1. The summed E-state index contributed by atoms with van der Waals surface area (Å²) in [5, 5.41) is 5.15. The Morgan fingerprint density at radius 1 is 0.955 bits per heavy atom. The van der Waals surface area contributed by atoms with Gasteiger partial charge in [0.25, 0.3) is 0 Å². The molecule has 3 rings (SSSR count). The first-order valence-electron chi connectivity index (χ1n) is 6.95. The molecule has 3 aromatic rings. The highest BCUT2D eigenvalue weighted by Gasteiger charge is 2.06. The first-order chi connectivity index (χ1) is 10.7. The monoisotopic (exact) mass is 351 g/mol. The van der Waals surface area contributed by atoms with E-state index in [1.165, 1.54) is 0 Å². The Morgan fingerprint density at radius 3 is 2.59 bits per heavy atom. The third-order valence-corrected chi connectivity index (χ3v) is 3.86. The Bertz CT molecular complexity index is 849. The second-order valence-electron chi connectivity index (χ2n) is 4.88. The maximum Gasteiger partial charge on any atom is 0.187 e. The van der Waals surface area contributed by atoms with Gasteiger partial charge in [0.2, 0.25) is 0 Å². The van der Waals surface area contributed by atoms with E-state index in [2.05, 4.69) is 21.2 Å². The lowest BCUT2D eigenvalue weighted by atomic mass is 10.0. The normalized spacial score (nSPS) is 11.0. The predicted octanol–water partition coefficient (Wildman–Crippen LogP) is 5.41. The van der Waals surface area contributed by atoms with E-state index < -0.39 is 0 Å². The Kier molecular flexibility index (Phi) is 4.35. The van der Waals surface area contributed by atoms with Crippen molar-refractivity contribution in [1.29, 1.82) is 0 Å². The molecule has 0 spiro atoms. The lowest BCUT2D eigenvalue weighted by Crippen LogP contribution is -1.97. The van der Waals surface area contributed by atoms with Gasteiger partial charge in [0.15, 0.2) is 5.78 Å². The van der Waals surface area contributed by atoms with Gasteiger partial charge in [-0.25, -0.2) is 0 Å². The van der Waals surface area contributed by atoms with Crippen LogP contribution in [0.5, 0.6) is 0 Å². The zero-order valence-corrected chi connectivity index (χ0v) is 13.4. The molecule has 0 saturated carbocycles. The van der Waals surface area contributed by atoms with Crippen LogP contribution in [0.4, 0.5) is 5.69 Å². The summed E-state index contributed by atoms with van der Waals surface area (Å²) < 4.78 is 0.992. The van der Waals surface area contributed by atoms with Gasteiger partial charge in [0.05, 0.1) is 0 Å². The fraction of sp³-hybridized carbons (Fsp3) is 0. The van der Waals surface area contributed by atoms with E-state index in [-0.39, 0.29) is 5.78 Å². The predicted molar refractivity (Wildman–Crippen MR) is 95.2 cm³/mol. The molecule has 0 aliphatic heterocycles. The summed E-state index contributed by atoms with van der Waals surface area (Å²) in [6, 6.07) is 21.5. The fourth-order valence-corrected chi connectivity index (χ4v) is 2.72. The molecule has 0 atom stereocenters. The number of carbonyl (C=O) groups is 1. The zero-order chi connectivity index (χ0) is 15.4. The zero-order valence-electron chi connectivity index (χ0n) is 11.8. The number of allylic oxidation sites excluding steroid dienone is 1. The van der Waals surface area contributed by atoms with Gasteiger partial charge in [-0.3, -0.25) is 4.79 Å². The molecule has 3 aromatic carbocycles. The number of benzene rings is 3. The SMILES string of the molecule is O=C(/C=C/Nc1cccc(Br)c1)c1cccc2ccccc12. The van der Waals surface area contributed by atoms with Crippen molar-refractivity contribution in [2.45, 2.75) is 0 Å². The van der Waals surface area contributed by atoms with Crippen molar-refractivity contribution in [3.8, 4) is 0 Å². The minimum absolute atomic E-state index is 0.0145. The van der Waals surface area contributed by atoms with E-state index in [9.17, 15) is 4.79 Å². The van der Waals surface area contributed by atoms with Crippen LogP contribution in [0.2, 0.25) is 0 Å². The van der Waals surface area contributed by atoms with Crippen molar-refractivity contribution >= 4 is 38.2 Å². The molecule has 0 fully saturated rings. The van der Waals surface area contributed by atoms with Crippen LogP contribution in [0, 0.1) is 0 Å². The third-order valence-electron chi connectivity index (χ3n) is 3.36. The van der Waals surface area contributed by atoms with Crippen LogP contribution in [-0.4, -0.2) is 5.78 Å². The van der Waals surface area contributed by atoms with Crippen molar-refractivity contribution in [2.75, 3.05) is 5.32 Å². The molecule has 0 unspecified atom stereocenters. The van der Waals surface area contributed by atoms with E-state index in [4.69, 9.17) is 0 Å². The topological polar surface area (TPSA) is 29.1 Å². The quantitative estimate of drug-likeness (QED) is 0.502. The van der Waals surface area contributed by atoms with Crippen molar-refractivity contribution in [3.05, 3.63) is 89.0 Å². The number of hydrogen-bond acceptors (Lipinski definition) is 2. The van der Waals surface area contributed by atoms with Gasteiger partial charge in [-0.05, 0) is 29.0 Å². The maximum absolute atomic E-state index is 12.4. The van der Waals surface area contributed by atoms with Crippen molar-refractivity contribution in [2.24, 2.45) is 0 Å². The summed E-state index contributed by atoms with van der Waals surface area (Å²) in [5.74, 6) is -0.0145. The maximum atomic E-state index is 12.4. The minimum Gasteiger partial charge on any atom is -0.362 e. The molecule has 0 heterocycles. The molecule has 0 bridgehead atoms. The molecule has 3 heteroatoms. The van der Waals surface area contributed by atoms with Gasteiger partial charge < -0.3 is 5.32 Å². The summed E-state index contributed by atoms with van der Waals surface area (Å²) in [6.07, 6.45) is 3.23. The van der Waals surface area contributed by atoms with Crippen LogP contribution < -0.4 is 5.32 Å². The Balaban J connectivity index is 1.80. The van der Waals surface area contributed by atoms with Gasteiger partial charge in [-0.15, -0.1) is 0 Å². The highest BCUT2D eigenvalue weighted by Crippen LogP contribution is 2.19. The summed E-state index contributed by atoms with van der Waals surface area (Å²) in [4.78, 5) is 12.4.